The van der Waals surface area contributed by atoms with E-state index in [1.807, 2.05) is 71.5 Å². The van der Waals surface area contributed by atoms with Gasteiger partial charge in [0.05, 0.1) is 23.1 Å². The molecule has 1 atom stereocenters. The SMILES string of the molecule is CC(=O)N1N=C(c2ccccc2)CC1c1cn(-c2ccccc2)nc1-c1ccc(C)cc1. The monoisotopic (exact) mass is 420 g/mol. The predicted molar refractivity (Wildman–Crippen MR) is 127 cm³/mol. The normalized spacial score (nSPS) is 15.6. The molecule has 0 spiro atoms. The number of nitrogens with zero attached hydrogens (tertiary/aromatic N) is 4. The number of hydrogen-bond donors (Lipinski definition) is 0. The number of para-hydroxylation sites is 1. The van der Waals surface area contributed by atoms with Crippen LogP contribution in [0.5, 0.6) is 0 Å². The molecule has 3 aromatic carbocycles. The van der Waals surface area contributed by atoms with Crippen LogP contribution in [0.1, 0.15) is 36.1 Å². The minimum Gasteiger partial charge on any atom is -0.273 e. The second-order valence-electron chi connectivity index (χ2n) is 8.08. The molecule has 1 amide bonds. The van der Waals surface area contributed by atoms with Crippen LogP contribution in [0.25, 0.3) is 16.9 Å². The van der Waals surface area contributed by atoms with Crippen LogP contribution in [0.2, 0.25) is 0 Å². The number of carbonyl (C=O) groups excluding carboxylic acids is 1. The topological polar surface area (TPSA) is 50.5 Å². The maximum absolute atomic E-state index is 12.6. The zero-order chi connectivity index (χ0) is 22.1. The molecule has 2 heterocycles. The Morgan fingerprint density at radius 2 is 1.53 bits per heavy atom. The molecule has 0 fully saturated rings. The van der Waals surface area contributed by atoms with Gasteiger partial charge in [0, 0.05) is 30.7 Å². The number of carbonyl (C=O) groups is 1. The summed E-state index contributed by atoms with van der Waals surface area (Å²) < 4.78 is 1.89. The third-order valence-corrected chi connectivity index (χ3v) is 5.79. The summed E-state index contributed by atoms with van der Waals surface area (Å²) in [5, 5.41) is 11.3. The number of hydrazone groups is 1. The summed E-state index contributed by atoms with van der Waals surface area (Å²) in [6.07, 6.45) is 2.68. The number of rotatable bonds is 4. The van der Waals surface area contributed by atoms with Crippen molar-refractivity contribution in [1.82, 2.24) is 14.8 Å². The smallest absolute Gasteiger partial charge is 0.240 e. The lowest BCUT2D eigenvalue weighted by Gasteiger charge is -2.20. The fourth-order valence-electron chi connectivity index (χ4n) is 4.13. The van der Waals surface area contributed by atoms with Gasteiger partial charge in [-0.15, -0.1) is 0 Å². The van der Waals surface area contributed by atoms with E-state index in [1.54, 1.807) is 11.9 Å². The van der Waals surface area contributed by atoms with Crippen molar-refractivity contribution in [3.63, 3.8) is 0 Å². The number of amides is 1. The van der Waals surface area contributed by atoms with Gasteiger partial charge in [0.1, 0.15) is 0 Å². The molecule has 0 bridgehead atoms. The molecule has 5 heteroatoms. The van der Waals surface area contributed by atoms with Crippen LogP contribution in [0.15, 0.2) is 96.2 Å². The molecule has 1 aliphatic heterocycles. The van der Waals surface area contributed by atoms with E-state index >= 15 is 0 Å². The first-order valence-electron chi connectivity index (χ1n) is 10.7. The Balaban J connectivity index is 1.62. The molecular weight excluding hydrogens is 396 g/mol. The van der Waals surface area contributed by atoms with E-state index < -0.39 is 0 Å². The highest BCUT2D eigenvalue weighted by Gasteiger charge is 2.34. The van der Waals surface area contributed by atoms with Crippen LogP contribution >= 0.6 is 0 Å². The Labute approximate surface area is 187 Å². The molecule has 1 aromatic heterocycles. The minimum atomic E-state index is -0.212. The second-order valence-corrected chi connectivity index (χ2v) is 8.08. The van der Waals surface area contributed by atoms with Crippen LogP contribution in [-0.4, -0.2) is 26.4 Å². The van der Waals surface area contributed by atoms with Gasteiger partial charge in [0.25, 0.3) is 0 Å². The molecule has 32 heavy (non-hydrogen) atoms. The summed E-state index contributed by atoms with van der Waals surface area (Å²) in [4.78, 5) is 12.6. The Morgan fingerprint density at radius 1 is 0.875 bits per heavy atom. The van der Waals surface area contributed by atoms with Gasteiger partial charge in [0.2, 0.25) is 5.91 Å². The first-order valence-corrected chi connectivity index (χ1v) is 10.7. The molecule has 0 saturated heterocycles. The average molecular weight is 421 g/mol. The van der Waals surface area contributed by atoms with Crippen LogP contribution in [0.4, 0.5) is 0 Å². The number of hydrogen-bond acceptors (Lipinski definition) is 3. The zero-order valence-electron chi connectivity index (χ0n) is 18.1. The highest BCUT2D eigenvalue weighted by Crippen LogP contribution is 2.38. The van der Waals surface area contributed by atoms with Crippen LogP contribution in [0.3, 0.4) is 0 Å². The fourth-order valence-corrected chi connectivity index (χ4v) is 4.13. The molecule has 1 aliphatic rings. The lowest BCUT2D eigenvalue weighted by atomic mass is 9.96. The molecule has 158 valence electrons. The van der Waals surface area contributed by atoms with E-state index in [9.17, 15) is 4.79 Å². The third kappa shape index (κ3) is 3.73. The molecular formula is C27H24N4O. The van der Waals surface area contributed by atoms with E-state index in [0.29, 0.717) is 6.42 Å². The molecule has 5 nitrogen and oxygen atoms in total. The van der Waals surface area contributed by atoms with Crippen LogP contribution < -0.4 is 0 Å². The van der Waals surface area contributed by atoms with Gasteiger partial charge in [-0.3, -0.25) is 4.79 Å². The summed E-state index contributed by atoms with van der Waals surface area (Å²) >= 11 is 0. The van der Waals surface area contributed by atoms with Gasteiger partial charge >= 0.3 is 0 Å². The summed E-state index contributed by atoms with van der Waals surface area (Å²) in [5.74, 6) is -0.0803. The van der Waals surface area contributed by atoms with E-state index in [-0.39, 0.29) is 11.9 Å². The molecule has 5 rings (SSSR count). The Morgan fingerprint density at radius 3 is 2.19 bits per heavy atom. The number of benzene rings is 3. The Kier molecular flexibility index (Phi) is 5.15. The maximum Gasteiger partial charge on any atom is 0.240 e. The van der Waals surface area contributed by atoms with E-state index in [2.05, 4.69) is 31.2 Å². The zero-order valence-corrected chi connectivity index (χ0v) is 18.1. The van der Waals surface area contributed by atoms with E-state index in [1.165, 1.54) is 5.56 Å². The lowest BCUT2D eigenvalue weighted by molar-refractivity contribution is -0.130. The van der Waals surface area contributed by atoms with Gasteiger partial charge in [-0.05, 0) is 24.6 Å². The van der Waals surface area contributed by atoms with Crippen molar-refractivity contribution in [3.8, 4) is 16.9 Å². The maximum atomic E-state index is 12.6. The molecule has 0 radical (unpaired) electrons. The van der Waals surface area contributed by atoms with Crippen molar-refractivity contribution in [2.75, 3.05) is 0 Å². The predicted octanol–water partition coefficient (Wildman–Crippen LogP) is 5.55. The van der Waals surface area contributed by atoms with Crippen molar-refractivity contribution >= 4 is 11.6 Å². The highest BCUT2D eigenvalue weighted by molar-refractivity contribution is 6.03. The largest absolute Gasteiger partial charge is 0.273 e. The van der Waals surface area contributed by atoms with Gasteiger partial charge in [0.15, 0.2) is 0 Å². The van der Waals surface area contributed by atoms with Crippen molar-refractivity contribution < 1.29 is 4.79 Å². The second kappa shape index (κ2) is 8.27. The first kappa shape index (κ1) is 19.9. The van der Waals surface area contributed by atoms with Gasteiger partial charge in [-0.25, -0.2) is 9.69 Å². The summed E-state index contributed by atoms with van der Waals surface area (Å²) in [5.41, 5.74) is 7.00. The quantitative estimate of drug-likeness (QED) is 0.435. The van der Waals surface area contributed by atoms with Crippen molar-refractivity contribution in [2.45, 2.75) is 26.3 Å². The third-order valence-electron chi connectivity index (χ3n) is 5.79. The molecule has 0 aliphatic carbocycles. The fraction of sp³-hybridized carbons (Fsp3) is 0.148. The summed E-state index contributed by atoms with van der Waals surface area (Å²) in [7, 11) is 0. The summed E-state index contributed by atoms with van der Waals surface area (Å²) in [6.45, 7) is 3.64. The van der Waals surface area contributed by atoms with Crippen molar-refractivity contribution in [1.29, 1.82) is 0 Å². The van der Waals surface area contributed by atoms with Gasteiger partial charge < -0.3 is 0 Å². The Bertz CT molecular complexity index is 1270. The van der Waals surface area contributed by atoms with Crippen LogP contribution in [-0.2, 0) is 4.79 Å². The van der Waals surface area contributed by atoms with Crippen molar-refractivity contribution in [2.24, 2.45) is 5.10 Å². The van der Waals surface area contributed by atoms with E-state index in [0.717, 1.165) is 33.8 Å². The average Bonchev–Trinajstić information content (AvgIpc) is 3.46. The van der Waals surface area contributed by atoms with Crippen molar-refractivity contribution in [3.05, 3.63) is 108 Å². The van der Waals surface area contributed by atoms with Crippen LogP contribution in [0, 0.1) is 6.92 Å². The molecule has 0 saturated carbocycles. The number of aromatic nitrogens is 2. The number of aryl methyl sites for hydroxylation is 1. The van der Waals surface area contributed by atoms with Gasteiger partial charge in [-0.1, -0.05) is 78.4 Å². The lowest BCUT2D eigenvalue weighted by Crippen LogP contribution is -2.24. The highest BCUT2D eigenvalue weighted by atomic mass is 16.2. The molecule has 0 N–H and O–H groups in total. The minimum absolute atomic E-state index is 0.0803. The standard InChI is InChI=1S/C27H24N4O/c1-19-13-15-22(16-14-19)27-24(18-30(29-27)23-11-7-4-8-12-23)26-17-25(28-31(26)20(2)32)21-9-5-3-6-10-21/h3-16,18,26H,17H2,1-2H3. The summed E-state index contributed by atoms with van der Waals surface area (Å²) in [6, 6.07) is 28.2. The molecule has 1 unspecified atom stereocenters. The molecule has 4 aromatic rings. The van der Waals surface area contributed by atoms with Gasteiger partial charge in [-0.2, -0.15) is 10.2 Å². The first-order chi connectivity index (χ1) is 15.6. The Hall–Kier alpha value is -3.99. The van der Waals surface area contributed by atoms with E-state index in [4.69, 9.17) is 10.2 Å².